The Morgan fingerprint density at radius 3 is 2.50 bits per heavy atom. The zero-order valence-corrected chi connectivity index (χ0v) is 11.5. The second-order valence-corrected chi connectivity index (χ2v) is 4.19. The average Bonchev–Trinajstić information content (AvgIpc) is 2.55. The molecule has 1 aromatic carbocycles. The van der Waals surface area contributed by atoms with Crippen molar-refractivity contribution in [1.82, 2.24) is 10.4 Å². The standard InChI is InChI=1S/C15H13N3O4/c19-14(20)10-22-13-3-1-11(2-4-13)9-17-18-15(21)12-5-7-16-8-6-12/h1-9H,10H2,(H,18,21)(H,19,20)/b17-9-. The molecule has 0 fully saturated rings. The third-order valence-electron chi connectivity index (χ3n) is 2.56. The van der Waals surface area contributed by atoms with Gasteiger partial charge in [-0.3, -0.25) is 9.78 Å². The number of benzene rings is 1. The normalized spacial score (nSPS) is 10.4. The lowest BCUT2D eigenvalue weighted by Crippen LogP contribution is -2.17. The Labute approximate surface area is 126 Å². The maximum atomic E-state index is 11.7. The van der Waals surface area contributed by atoms with E-state index in [4.69, 9.17) is 9.84 Å². The highest BCUT2D eigenvalue weighted by Gasteiger charge is 2.02. The van der Waals surface area contributed by atoms with Crippen molar-refractivity contribution >= 4 is 18.1 Å². The number of aliphatic carboxylic acids is 1. The maximum absolute atomic E-state index is 11.7. The minimum absolute atomic E-state index is 0.333. The van der Waals surface area contributed by atoms with Crippen molar-refractivity contribution in [3.05, 3.63) is 59.9 Å². The van der Waals surface area contributed by atoms with Gasteiger partial charge in [-0.2, -0.15) is 5.10 Å². The summed E-state index contributed by atoms with van der Waals surface area (Å²) in [6.07, 6.45) is 4.52. The lowest BCUT2D eigenvalue weighted by atomic mass is 10.2. The highest BCUT2D eigenvalue weighted by atomic mass is 16.5. The zero-order chi connectivity index (χ0) is 15.8. The molecular weight excluding hydrogens is 286 g/mol. The SMILES string of the molecule is O=C(O)COc1ccc(/C=N\NC(=O)c2ccncc2)cc1. The van der Waals surface area contributed by atoms with Crippen molar-refractivity contribution in [1.29, 1.82) is 0 Å². The molecule has 2 rings (SSSR count). The van der Waals surface area contributed by atoms with E-state index in [9.17, 15) is 9.59 Å². The minimum atomic E-state index is -1.04. The van der Waals surface area contributed by atoms with Gasteiger partial charge in [0.05, 0.1) is 6.21 Å². The molecule has 22 heavy (non-hydrogen) atoms. The van der Waals surface area contributed by atoms with Crippen molar-refractivity contribution in [2.24, 2.45) is 5.10 Å². The third-order valence-corrected chi connectivity index (χ3v) is 2.56. The van der Waals surface area contributed by atoms with E-state index >= 15 is 0 Å². The van der Waals surface area contributed by atoms with Crippen LogP contribution < -0.4 is 10.2 Å². The summed E-state index contributed by atoms with van der Waals surface area (Å²) < 4.78 is 5.00. The van der Waals surface area contributed by atoms with Crippen molar-refractivity contribution in [3.63, 3.8) is 0 Å². The number of pyridine rings is 1. The molecule has 0 saturated carbocycles. The Morgan fingerprint density at radius 2 is 1.86 bits per heavy atom. The first-order chi connectivity index (χ1) is 10.6. The Balaban J connectivity index is 1.88. The Hall–Kier alpha value is -3.22. The Morgan fingerprint density at radius 1 is 1.18 bits per heavy atom. The first-order valence-electron chi connectivity index (χ1n) is 6.33. The van der Waals surface area contributed by atoms with E-state index in [1.165, 1.54) is 18.6 Å². The van der Waals surface area contributed by atoms with E-state index in [2.05, 4.69) is 15.5 Å². The molecule has 0 unspecified atom stereocenters. The number of ether oxygens (including phenoxy) is 1. The smallest absolute Gasteiger partial charge is 0.341 e. The molecule has 0 saturated heterocycles. The fourth-order valence-electron chi connectivity index (χ4n) is 1.53. The van der Waals surface area contributed by atoms with E-state index < -0.39 is 12.6 Å². The molecule has 0 aliphatic rings. The summed E-state index contributed by atoms with van der Waals surface area (Å²) in [5.74, 6) is -0.926. The summed E-state index contributed by atoms with van der Waals surface area (Å²) in [6, 6.07) is 9.79. The van der Waals surface area contributed by atoms with Crippen LogP contribution in [0.1, 0.15) is 15.9 Å². The molecule has 7 nitrogen and oxygen atoms in total. The number of hydrogen-bond acceptors (Lipinski definition) is 5. The number of amides is 1. The molecule has 7 heteroatoms. The Kier molecular flexibility index (Phi) is 5.20. The van der Waals surface area contributed by atoms with Crippen LogP contribution in [0.25, 0.3) is 0 Å². The lowest BCUT2D eigenvalue weighted by molar-refractivity contribution is -0.139. The number of rotatable bonds is 6. The van der Waals surface area contributed by atoms with Gasteiger partial charge in [0.15, 0.2) is 6.61 Å². The van der Waals surface area contributed by atoms with Gasteiger partial charge in [-0.1, -0.05) is 0 Å². The Bertz CT molecular complexity index is 669. The van der Waals surface area contributed by atoms with Crippen LogP contribution in [0.4, 0.5) is 0 Å². The van der Waals surface area contributed by atoms with Crippen molar-refractivity contribution in [2.75, 3.05) is 6.61 Å². The zero-order valence-electron chi connectivity index (χ0n) is 11.5. The molecule has 0 radical (unpaired) electrons. The van der Waals surface area contributed by atoms with E-state index in [1.54, 1.807) is 36.4 Å². The van der Waals surface area contributed by atoms with Gasteiger partial charge in [-0.15, -0.1) is 0 Å². The van der Waals surface area contributed by atoms with Crippen LogP contribution in [0, 0.1) is 0 Å². The number of nitrogens with one attached hydrogen (secondary N) is 1. The topological polar surface area (TPSA) is 101 Å². The van der Waals surface area contributed by atoms with Gasteiger partial charge < -0.3 is 9.84 Å². The van der Waals surface area contributed by atoms with Crippen LogP contribution in [0.2, 0.25) is 0 Å². The van der Waals surface area contributed by atoms with Gasteiger partial charge in [-0.25, -0.2) is 10.2 Å². The number of carbonyl (C=O) groups excluding carboxylic acids is 1. The fraction of sp³-hybridized carbons (Fsp3) is 0.0667. The summed E-state index contributed by atoms with van der Waals surface area (Å²) in [5.41, 5.74) is 3.59. The first kappa shape index (κ1) is 15.2. The molecular formula is C15H13N3O4. The highest BCUT2D eigenvalue weighted by molar-refractivity contribution is 5.94. The second kappa shape index (κ2) is 7.53. The van der Waals surface area contributed by atoms with Crippen LogP contribution >= 0.6 is 0 Å². The number of nitrogens with zero attached hydrogens (tertiary/aromatic N) is 2. The van der Waals surface area contributed by atoms with Crippen LogP contribution in [0.5, 0.6) is 5.75 Å². The summed E-state index contributed by atoms with van der Waals surface area (Å²) in [7, 11) is 0. The molecule has 1 heterocycles. The lowest BCUT2D eigenvalue weighted by Gasteiger charge is -2.02. The van der Waals surface area contributed by atoms with Gasteiger partial charge in [0.1, 0.15) is 5.75 Å². The minimum Gasteiger partial charge on any atom is -0.482 e. The van der Waals surface area contributed by atoms with Crippen molar-refractivity contribution in [2.45, 2.75) is 0 Å². The van der Waals surface area contributed by atoms with Crippen LogP contribution in [0.3, 0.4) is 0 Å². The second-order valence-electron chi connectivity index (χ2n) is 4.19. The average molecular weight is 299 g/mol. The largest absolute Gasteiger partial charge is 0.482 e. The maximum Gasteiger partial charge on any atom is 0.341 e. The molecule has 2 aromatic rings. The van der Waals surface area contributed by atoms with Crippen LogP contribution in [0.15, 0.2) is 53.9 Å². The van der Waals surface area contributed by atoms with Crippen molar-refractivity contribution in [3.8, 4) is 5.75 Å². The summed E-state index contributed by atoms with van der Waals surface area (Å²) in [4.78, 5) is 25.9. The highest BCUT2D eigenvalue weighted by Crippen LogP contribution is 2.10. The molecule has 0 aliphatic carbocycles. The van der Waals surface area contributed by atoms with E-state index in [0.29, 0.717) is 11.3 Å². The summed E-state index contributed by atoms with van der Waals surface area (Å²) >= 11 is 0. The molecule has 0 bridgehead atoms. The summed E-state index contributed by atoms with van der Waals surface area (Å²) in [5, 5.41) is 12.3. The predicted molar refractivity (Wildman–Crippen MR) is 78.9 cm³/mol. The summed E-state index contributed by atoms with van der Waals surface area (Å²) in [6.45, 7) is -0.393. The molecule has 0 spiro atoms. The van der Waals surface area contributed by atoms with E-state index in [0.717, 1.165) is 5.56 Å². The molecule has 2 N–H and O–H groups in total. The predicted octanol–water partition coefficient (Wildman–Crippen LogP) is 1.31. The number of aromatic nitrogens is 1. The van der Waals surface area contributed by atoms with Crippen molar-refractivity contribution < 1.29 is 19.4 Å². The van der Waals surface area contributed by atoms with Gasteiger partial charge >= 0.3 is 5.97 Å². The third kappa shape index (κ3) is 4.71. The monoisotopic (exact) mass is 299 g/mol. The first-order valence-corrected chi connectivity index (χ1v) is 6.33. The molecule has 112 valence electrons. The number of carbonyl (C=O) groups is 2. The quantitative estimate of drug-likeness (QED) is 0.618. The van der Waals surface area contributed by atoms with Crippen LogP contribution in [-0.2, 0) is 4.79 Å². The fourth-order valence-corrected chi connectivity index (χ4v) is 1.53. The number of carboxylic acids is 1. The van der Waals surface area contributed by atoms with Crippen LogP contribution in [-0.4, -0.2) is 34.8 Å². The van der Waals surface area contributed by atoms with Gasteiger partial charge in [0, 0.05) is 18.0 Å². The van der Waals surface area contributed by atoms with Gasteiger partial charge in [0.25, 0.3) is 5.91 Å². The molecule has 0 aliphatic heterocycles. The van der Waals surface area contributed by atoms with E-state index in [-0.39, 0.29) is 5.91 Å². The van der Waals surface area contributed by atoms with Gasteiger partial charge in [0.2, 0.25) is 0 Å². The number of hydrogen-bond donors (Lipinski definition) is 2. The van der Waals surface area contributed by atoms with Gasteiger partial charge in [-0.05, 0) is 42.0 Å². The molecule has 1 amide bonds. The molecule has 0 atom stereocenters. The number of carboxylic acid groups (broad SMARTS) is 1. The van der Waals surface area contributed by atoms with E-state index in [1.807, 2.05) is 0 Å². The molecule has 1 aromatic heterocycles. The number of hydrazone groups is 1.